The Morgan fingerprint density at radius 2 is 1.95 bits per heavy atom. The minimum atomic E-state index is -0.223. The Hall–Kier alpha value is -2.10. The molecule has 2 aromatic rings. The van der Waals surface area contributed by atoms with E-state index in [1.54, 1.807) is 0 Å². The lowest BCUT2D eigenvalue weighted by molar-refractivity contribution is -0.117. The number of anilines is 1. The van der Waals surface area contributed by atoms with E-state index >= 15 is 0 Å². The molecule has 0 aliphatic rings. The van der Waals surface area contributed by atoms with E-state index < -0.39 is 0 Å². The molecule has 2 rings (SSSR count). The topological polar surface area (TPSA) is 57.8 Å². The van der Waals surface area contributed by atoms with Crippen molar-refractivity contribution in [2.45, 2.75) is 40.0 Å². The van der Waals surface area contributed by atoms with Crippen LogP contribution < -0.4 is 5.32 Å². The van der Waals surface area contributed by atoms with E-state index in [0.717, 1.165) is 29.1 Å². The molecule has 0 bridgehead atoms. The van der Waals surface area contributed by atoms with Gasteiger partial charge in [0, 0.05) is 16.9 Å². The molecule has 1 aromatic carbocycles. The average Bonchev–Trinajstić information content (AvgIpc) is 2.78. The maximum atomic E-state index is 12.3. The predicted octanol–water partition coefficient (Wildman–Crippen LogP) is 3.33. The van der Waals surface area contributed by atoms with Crippen molar-refractivity contribution in [3.05, 3.63) is 46.8 Å². The Kier molecular flexibility index (Phi) is 4.23. The molecule has 0 fully saturated rings. The summed E-state index contributed by atoms with van der Waals surface area (Å²) in [5.41, 5.74) is 4.90. The third-order valence-electron chi connectivity index (χ3n) is 3.64. The van der Waals surface area contributed by atoms with E-state index in [9.17, 15) is 4.79 Å². The Labute approximate surface area is 119 Å². The van der Waals surface area contributed by atoms with Crippen molar-refractivity contribution in [1.29, 1.82) is 0 Å². The van der Waals surface area contributed by atoms with E-state index in [0.29, 0.717) is 0 Å². The van der Waals surface area contributed by atoms with Gasteiger partial charge in [0.1, 0.15) is 0 Å². The first-order valence-corrected chi connectivity index (χ1v) is 6.94. The van der Waals surface area contributed by atoms with E-state index in [1.165, 1.54) is 5.56 Å². The van der Waals surface area contributed by atoms with Gasteiger partial charge < -0.3 is 5.32 Å². The molecule has 1 aromatic heterocycles. The number of benzene rings is 1. The standard InChI is InChI=1S/C16H21N3O/c1-5-13-6-8-14(9-7-13)17-16(20)10(2)15-11(3)18-19-12(15)4/h6-10H,5H2,1-4H3,(H,17,20)(H,18,19). The van der Waals surface area contributed by atoms with Crippen molar-refractivity contribution in [2.75, 3.05) is 5.32 Å². The third-order valence-corrected chi connectivity index (χ3v) is 3.64. The number of hydrogen-bond acceptors (Lipinski definition) is 2. The highest BCUT2D eigenvalue weighted by atomic mass is 16.1. The van der Waals surface area contributed by atoms with Crippen molar-refractivity contribution >= 4 is 11.6 Å². The molecule has 4 nitrogen and oxygen atoms in total. The van der Waals surface area contributed by atoms with Gasteiger partial charge in [-0.15, -0.1) is 0 Å². The summed E-state index contributed by atoms with van der Waals surface area (Å²) in [6.07, 6.45) is 0.998. The molecule has 0 saturated heterocycles. The van der Waals surface area contributed by atoms with Crippen LogP contribution in [0.3, 0.4) is 0 Å². The fourth-order valence-corrected chi connectivity index (χ4v) is 2.40. The van der Waals surface area contributed by atoms with Crippen LogP contribution in [-0.2, 0) is 11.2 Å². The van der Waals surface area contributed by atoms with Gasteiger partial charge in [0.15, 0.2) is 0 Å². The zero-order chi connectivity index (χ0) is 14.7. The van der Waals surface area contributed by atoms with Crippen LogP contribution >= 0.6 is 0 Å². The van der Waals surface area contributed by atoms with Crippen molar-refractivity contribution in [3.8, 4) is 0 Å². The van der Waals surface area contributed by atoms with Gasteiger partial charge in [0.25, 0.3) is 0 Å². The number of aryl methyl sites for hydroxylation is 3. The molecule has 0 spiro atoms. The minimum Gasteiger partial charge on any atom is -0.326 e. The molecule has 1 atom stereocenters. The van der Waals surface area contributed by atoms with Gasteiger partial charge in [0.2, 0.25) is 5.91 Å². The number of aromatic nitrogens is 2. The molecule has 2 N–H and O–H groups in total. The Morgan fingerprint density at radius 3 is 2.45 bits per heavy atom. The largest absolute Gasteiger partial charge is 0.326 e. The molecule has 20 heavy (non-hydrogen) atoms. The van der Waals surface area contributed by atoms with Crippen LogP contribution in [0.1, 0.15) is 42.3 Å². The highest BCUT2D eigenvalue weighted by molar-refractivity contribution is 5.95. The maximum absolute atomic E-state index is 12.3. The van der Waals surface area contributed by atoms with Gasteiger partial charge in [-0.1, -0.05) is 19.1 Å². The molecule has 0 aliphatic heterocycles. The third kappa shape index (κ3) is 2.90. The lowest BCUT2D eigenvalue weighted by Crippen LogP contribution is -2.19. The average molecular weight is 271 g/mol. The number of H-pyrrole nitrogens is 1. The number of nitrogens with one attached hydrogen (secondary N) is 2. The first kappa shape index (κ1) is 14.3. The summed E-state index contributed by atoms with van der Waals surface area (Å²) in [5.74, 6) is -0.235. The predicted molar refractivity (Wildman–Crippen MR) is 80.9 cm³/mol. The van der Waals surface area contributed by atoms with Crippen LogP contribution in [0.5, 0.6) is 0 Å². The SMILES string of the molecule is CCc1ccc(NC(=O)C(C)c2c(C)n[nH]c2C)cc1. The number of aromatic amines is 1. The van der Waals surface area contributed by atoms with E-state index in [4.69, 9.17) is 0 Å². The Bertz CT molecular complexity index is 579. The molecule has 1 heterocycles. The second kappa shape index (κ2) is 5.90. The summed E-state index contributed by atoms with van der Waals surface area (Å²) in [4.78, 5) is 12.3. The van der Waals surface area contributed by atoms with Gasteiger partial charge in [-0.25, -0.2) is 0 Å². The molecule has 106 valence electrons. The van der Waals surface area contributed by atoms with Crippen molar-refractivity contribution < 1.29 is 4.79 Å². The van der Waals surface area contributed by atoms with Crippen LogP contribution in [0, 0.1) is 13.8 Å². The van der Waals surface area contributed by atoms with Gasteiger partial charge in [-0.3, -0.25) is 9.89 Å². The van der Waals surface area contributed by atoms with Crippen LogP contribution in [0.25, 0.3) is 0 Å². The Morgan fingerprint density at radius 1 is 1.30 bits per heavy atom. The van der Waals surface area contributed by atoms with Crippen LogP contribution in [-0.4, -0.2) is 16.1 Å². The maximum Gasteiger partial charge on any atom is 0.231 e. The molecule has 1 unspecified atom stereocenters. The molecule has 0 aliphatic carbocycles. The fraction of sp³-hybridized carbons (Fsp3) is 0.375. The van der Waals surface area contributed by atoms with Crippen LogP contribution in [0.15, 0.2) is 24.3 Å². The van der Waals surface area contributed by atoms with E-state index in [2.05, 4.69) is 22.4 Å². The molecule has 4 heteroatoms. The highest BCUT2D eigenvalue weighted by Crippen LogP contribution is 2.23. The summed E-state index contributed by atoms with van der Waals surface area (Å²) in [6.45, 7) is 7.87. The highest BCUT2D eigenvalue weighted by Gasteiger charge is 2.21. The lowest BCUT2D eigenvalue weighted by Gasteiger charge is -2.13. The number of carbonyl (C=O) groups excluding carboxylic acids is 1. The second-order valence-electron chi connectivity index (χ2n) is 5.11. The zero-order valence-corrected chi connectivity index (χ0v) is 12.4. The summed E-state index contributed by atoms with van der Waals surface area (Å²) in [7, 11) is 0. The molecule has 1 amide bonds. The summed E-state index contributed by atoms with van der Waals surface area (Å²) in [5, 5.41) is 10.0. The normalized spacial score (nSPS) is 12.2. The fourth-order valence-electron chi connectivity index (χ4n) is 2.40. The summed E-state index contributed by atoms with van der Waals surface area (Å²) in [6, 6.07) is 7.96. The summed E-state index contributed by atoms with van der Waals surface area (Å²) >= 11 is 0. The Balaban J connectivity index is 2.11. The van der Waals surface area contributed by atoms with E-state index in [1.807, 2.05) is 45.0 Å². The minimum absolute atomic E-state index is 0.0122. The van der Waals surface area contributed by atoms with Crippen molar-refractivity contribution in [2.24, 2.45) is 0 Å². The lowest BCUT2D eigenvalue weighted by atomic mass is 9.98. The first-order chi connectivity index (χ1) is 9.52. The zero-order valence-electron chi connectivity index (χ0n) is 12.4. The number of nitrogens with zero attached hydrogens (tertiary/aromatic N) is 1. The molecule has 0 radical (unpaired) electrons. The molecular weight excluding hydrogens is 250 g/mol. The quantitative estimate of drug-likeness (QED) is 0.896. The number of amides is 1. The number of rotatable bonds is 4. The van der Waals surface area contributed by atoms with Gasteiger partial charge in [-0.2, -0.15) is 5.10 Å². The van der Waals surface area contributed by atoms with Crippen LogP contribution in [0.2, 0.25) is 0 Å². The van der Waals surface area contributed by atoms with Crippen molar-refractivity contribution in [1.82, 2.24) is 10.2 Å². The van der Waals surface area contributed by atoms with E-state index in [-0.39, 0.29) is 11.8 Å². The van der Waals surface area contributed by atoms with Gasteiger partial charge in [-0.05, 0) is 44.9 Å². The monoisotopic (exact) mass is 271 g/mol. The number of hydrogen-bond donors (Lipinski definition) is 2. The van der Waals surface area contributed by atoms with Gasteiger partial charge >= 0.3 is 0 Å². The van der Waals surface area contributed by atoms with Crippen LogP contribution in [0.4, 0.5) is 5.69 Å². The summed E-state index contributed by atoms with van der Waals surface area (Å²) < 4.78 is 0. The number of carbonyl (C=O) groups is 1. The smallest absolute Gasteiger partial charge is 0.231 e. The van der Waals surface area contributed by atoms with Gasteiger partial charge in [0.05, 0.1) is 11.6 Å². The first-order valence-electron chi connectivity index (χ1n) is 6.94. The van der Waals surface area contributed by atoms with Crippen molar-refractivity contribution in [3.63, 3.8) is 0 Å². The molecular formula is C16H21N3O. The molecule has 0 saturated carbocycles. The second-order valence-corrected chi connectivity index (χ2v) is 5.11.